The monoisotopic (exact) mass is 249 g/mol. The number of aryl methyl sites for hydroxylation is 1. The van der Waals surface area contributed by atoms with E-state index in [1.54, 1.807) is 0 Å². The molecule has 0 N–H and O–H groups in total. The Morgan fingerprint density at radius 2 is 2.06 bits per heavy atom. The Morgan fingerprint density at radius 3 is 2.83 bits per heavy atom. The molecule has 2 heterocycles. The van der Waals surface area contributed by atoms with Gasteiger partial charge in [0.2, 0.25) is 0 Å². The summed E-state index contributed by atoms with van der Waals surface area (Å²) < 4.78 is 0. The molecule has 0 fully saturated rings. The lowest BCUT2D eigenvalue weighted by Gasteiger charge is -2.31. The van der Waals surface area contributed by atoms with E-state index in [1.807, 2.05) is 34.3 Å². The highest BCUT2D eigenvalue weighted by molar-refractivity contribution is 7.12. The smallest absolute Gasteiger partial charge is 0.183 e. The van der Waals surface area contributed by atoms with Gasteiger partial charge >= 0.3 is 0 Å². The number of hydrogen-bond donors (Lipinski definition) is 0. The molecule has 0 spiro atoms. The van der Waals surface area contributed by atoms with Crippen molar-refractivity contribution < 1.29 is 0 Å². The van der Waals surface area contributed by atoms with Crippen molar-refractivity contribution >= 4 is 32.6 Å². The second-order valence-electron chi connectivity index (χ2n) is 4.85. The van der Waals surface area contributed by atoms with Crippen molar-refractivity contribution in [2.45, 2.75) is 19.4 Å². The lowest BCUT2D eigenvalue weighted by molar-refractivity contribution is 0.407. The second-order valence-corrected chi connectivity index (χ2v) is 6.19. The standard InChI is InChI=1S/C14H13B2NS/c1-9-6-11-12(7-17(16)8-14(11)18-9)10-4-2-3-5-13(10)15/h2-6,12H,7-8H2,1H3. The molecule has 0 amide bonds. The predicted octanol–water partition coefficient (Wildman–Crippen LogP) is 1.88. The first-order chi connectivity index (χ1) is 8.65. The minimum absolute atomic E-state index is 0.296. The zero-order valence-electron chi connectivity index (χ0n) is 10.4. The van der Waals surface area contributed by atoms with E-state index in [4.69, 9.17) is 15.8 Å². The third-order valence-corrected chi connectivity index (χ3v) is 4.53. The Bertz CT molecular complexity index is 579. The van der Waals surface area contributed by atoms with Gasteiger partial charge in [0, 0.05) is 22.2 Å². The van der Waals surface area contributed by atoms with Crippen LogP contribution in [-0.2, 0) is 6.54 Å². The van der Waals surface area contributed by atoms with E-state index in [9.17, 15) is 0 Å². The highest BCUT2D eigenvalue weighted by Gasteiger charge is 2.26. The summed E-state index contributed by atoms with van der Waals surface area (Å²) in [7, 11) is 12.1. The molecular formula is C14H13B2NS. The molecule has 18 heavy (non-hydrogen) atoms. The first-order valence-electron chi connectivity index (χ1n) is 6.08. The van der Waals surface area contributed by atoms with Crippen molar-refractivity contribution in [3.8, 4) is 0 Å². The van der Waals surface area contributed by atoms with Crippen molar-refractivity contribution in [3.63, 3.8) is 0 Å². The van der Waals surface area contributed by atoms with Gasteiger partial charge in [0.1, 0.15) is 7.85 Å². The summed E-state index contributed by atoms with van der Waals surface area (Å²) in [6.45, 7) is 3.82. The van der Waals surface area contributed by atoms with Crippen molar-refractivity contribution in [1.29, 1.82) is 0 Å². The van der Waals surface area contributed by atoms with Gasteiger partial charge in [0.15, 0.2) is 7.98 Å². The maximum atomic E-state index is 6.10. The fraction of sp³-hybridized carbons (Fsp3) is 0.286. The SMILES string of the molecule is [B]c1ccccc1C1CN([B])Cc2sc(C)cc21. The van der Waals surface area contributed by atoms with E-state index < -0.39 is 0 Å². The molecule has 1 aromatic carbocycles. The average Bonchev–Trinajstić information content (AvgIpc) is 2.69. The molecule has 1 atom stereocenters. The van der Waals surface area contributed by atoms with Crippen LogP contribution in [0.5, 0.6) is 0 Å². The van der Waals surface area contributed by atoms with Gasteiger partial charge in [-0.25, -0.2) is 0 Å². The van der Waals surface area contributed by atoms with Crippen LogP contribution in [0.2, 0.25) is 0 Å². The molecule has 1 aliphatic rings. The number of nitrogens with zero attached hydrogens (tertiary/aromatic N) is 1. The highest BCUT2D eigenvalue weighted by atomic mass is 32.1. The zero-order valence-corrected chi connectivity index (χ0v) is 11.2. The van der Waals surface area contributed by atoms with E-state index in [0.29, 0.717) is 5.92 Å². The molecule has 1 aliphatic heterocycles. The Balaban J connectivity index is 2.10. The molecule has 4 heteroatoms. The third-order valence-electron chi connectivity index (χ3n) is 3.48. The summed E-state index contributed by atoms with van der Waals surface area (Å²) in [5, 5.41) is 0. The largest absolute Gasteiger partial charge is 0.348 e. The van der Waals surface area contributed by atoms with E-state index in [2.05, 4.69) is 19.1 Å². The maximum Gasteiger partial charge on any atom is 0.183 e. The Labute approximate surface area is 115 Å². The highest BCUT2D eigenvalue weighted by Crippen LogP contribution is 2.36. The minimum atomic E-state index is 0.296. The van der Waals surface area contributed by atoms with E-state index in [0.717, 1.165) is 18.6 Å². The maximum absolute atomic E-state index is 6.10. The number of fused-ring (bicyclic) bond motifs is 1. The van der Waals surface area contributed by atoms with Gasteiger partial charge in [0.05, 0.1) is 0 Å². The van der Waals surface area contributed by atoms with Gasteiger partial charge in [0.25, 0.3) is 0 Å². The molecule has 0 saturated heterocycles. The summed E-state index contributed by atoms with van der Waals surface area (Å²) in [6.07, 6.45) is 0. The number of benzene rings is 1. The number of thiophene rings is 1. The molecule has 2 aromatic rings. The van der Waals surface area contributed by atoms with Crippen LogP contribution >= 0.6 is 11.3 Å². The Hall–Kier alpha value is -0.990. The minimum Gasteiger partial charge on any atom is -0.348 e. The summed E-state index contributed by atoms with van der Waals surface area (Å²) >= 11 is 1.84. The van der Waals surface area contributed by atoms with Crippen molar-refractivity contribution in [3.05, 3.63) is 51.2 Å². The zero-order chi connectivity index (χ0) is 12.7. The van der Waals surface area contributed by atoms with Crippen LogP contribution in [0.4, 0.5) is 0 Å². The van der Waals surface area contributed by atoms with E-state index in [-0.39, 0.29) is 0 Å². The molecule has 1 aromatic heterocycles. The number of hydrogen-bond acceptors (Lipinski definition) is 2. The molecule has 0 bridgehead atoms. The normalized spacial score (nSPS) is 19.7. The first-order valence-corrected chi connectivity index (χ1v) is 6.90. The molecular weight excluding hydrogens is 236 g/mol. The van der Waals surface area contributed by atoms with Crippen LogP contribution in [-0.4, -0.2) is 27.2 Å². The van der Waals surface area contributed by atoms with Crippen molar-refractivity contribution in [2.75, 3.05) is 6.54 Å². The third kappa shape index (κ3) is 2.04. The molecule has 4 radical (unpaired) electrons. The van der Waals surface area contributed by atoms with Crippen LogP contribution in [0.1, 0.15) is 26.8 Å². The summed E-state index contributed by atoms with van der Waals surface area (Å²) in [5.41, 5.74) is 3.44. The molecule has 86 valence electrons. The van der Waals surface area contributed by atoms with E-state index >= 15 is 0 Å². The van der Waals surface area contributed by atoms with Crippen molar-refractivity contribution in [2.24, 2.45) is 0 Å². The summed E-state index contributed by atoms with van der Waals surface area (Å²) in [5.74, 6) is 0.296. The lowest BCUT2D eigenvalue weighted by atomic mass is 9.79. The molecule has 1 nitrogen and oxygen atoms in total. The van der Waals surface area contributed by atoms with Crippen LogP contribution in [0, 0.1) is 6.92 Å². The molecule has 3 rings (SSSR count). The number of rotatable bonds is 1. The molecule has 0 aliphatic carbocycles. The average molecular weight is 249 g/mol. The van der Waals surface area contributed by atoms with Crippen molar-refractivity contribution in [1.82, 2.24) is 4.81 Å². The first kappa shape index (κ1) is 12.1. The predicted molar refractivity (Wildman–Crippen MR) is 78.9 cm³/mol. The molecule has 0 saturated carbocycles. The van der Waals surface area contributed by atoms with Gasteiger partial charge in [-0.2, -0.15) is 0 Å². The fourth-order valence-electron chi connectivity index (χ4n) is 2.68. The summed E-state index contributed by atoms with van der Waals surface area (Å²) in [4.78, 5) is 4.60. The summed E-state index contributed by atoms with van der Waals surface area (Å²) in [6, 6.07) is 10.4. The fourth-order valence-corrected chi connectivity index (χ4v) is 3.80. The Kier molecular flexibility index (Phi) is 3.08. The molecule has 1 unspecified atom stereocenters. The van der Waals surface area contributed by atoms with Gasteiger partial charge in [-0.05, 0) is 30.7 Å². The van der Waals surface area contributed by atoms with E-state index in [1.165, 1.54) is 20.9 Å². The van der Waals surface area contributed by atoms with Crippen LogP contribution in [0.15, 0.2) is 30.3 Å². The van der Waals surface area contributed by atoms with Gasteiger partial charge < -0.3 is 4.81 Å². The van der Waals surface area contributed by atoms with Crippen LogP contribution in [0.3, 0.4) is 0 Å². The van der Waals surface area contributed by atoms with Crippen LogP contribution < -0.4 is 5.46 Å². The Morgan fingerprint density at radius 1 is 1.28 bits per heavy atom. The second kappa shape index (κ2) is 4.60. The van der Waals surface area contributed by atoms with Gasteiger partial charge in [-0.15, -0.1) is 11.3 Å². The quantitative estimate of drug-likeness (QED) is 0.697. The van der Waals surface area contributed by atoms with Crippen LogP contribution in [0.25, 0.3) is 0 Å². The topological polar surface area (TPSA) is 3.24 Å². The van der Waals surface area contributed by atoms with Gasteiger partial charge in [-0.3, -0.25) is 0 Å². The lowest BCUT2D eigenvalue weighted by Crippen LogP contribution is -2.33. The van der Waals surface area contributed by atoms with Gasteiger partial charge in [-0.1, -0.05) is 29.7 Å².